The lowest BCUT2D eigenvalue weighted by Gasteiger charge is -2.34. The number of hydrogen-bond acceptors (Lipinski definition) is 4. The molecule has 0 heterocycles. The van der Waals surface area contributed by atoms with Crippen molar-refractivity contribution in [2.75, 3.05) is 10.8 Å². The van der Waals surface area contributed by atoms with Gasteiger partial charge in [0.1, 0.15) is 12.6 Å². The fourth-order valence-corrected chi connectivity index (χ4v) is 7.11. The first kappa shape index (κ1) is 30.3. The van der Waals surface area contributed by atoms with Crippen molar-refractivity contribution in [2.45, 2.75) is 83.3 Å². The average molecular weight is 576 g/mol. The van der Waals surface area contributed by atoms with Crippen molar-refractivity contribution in [3.63, 3.8) is 0 Å². The van der Waals surface area contributed by atoms with Gasteiger partial charge in [0.15, 0.2) is 0 Å². The lowest BCUT2D eigenvalue weighted by atomic mass is 10.1. The van der Waals surface area contributed by atoms with Gasteiger partial charge in [-0.2, -0.15) is 0 Å². The van der Waals surface area contributed by atoms with E-state index >= 15 is 0 Å². The Morgan fingerprint density at radius 1 is 0.902 bits per heavy atom. The summed E-state index contributed by atoms with van der Waals surface area (Å²) in [4.78, 5) is 29.5. The first-order valence-electron chi connectivity index (χ1n) is 14.4. The summed E-state index contributed by atoms with van der Waals surface area (Å²) in [7, 11) is -4.08. The van der Waals surface area contributed by atoms with Crippen molar-refractivity contribution in [2.24, 2.45) is 0 Å². The maximum atomic E-state index is 14.3. The van der Waals surface area contributed by atoms with Crippen molar-refractivity contribution in [3.05, 3.63) is 95.1 Å². The van der Waals surface area contributed by atoms with Crippen LogP contribution >= 0.6 is 0 Å². The van der Waals surface area contributed by atoms with Crippen molar-refractivity contribution < 1.29 is 18.0 Å². The highest BCUT2D eigenvalue weighted by Gasteiger charge is 2.35. The highest BCUT2D eigenvalue weighted by atomic mass is 32.2. The van der Waals surface area contributed by atoms with Gasteiger partial charge in [-0.15, -0.1) is 0 Å². The summed E-state index contributed by atoms with van der Waals surface area (Å²) in [6, 6.07) is 20.8. The van der Waals surface area contributed by atoms with E-state index in [2.05, 4.69) is 5.32 Å². The molecule has 1 saturated carbocycles. The predicted molar refractivity (Wildman–Crippen MR) is 163 cm³/mol. The Hall–Kier alpha value is -3.65. The molecule has 2 amide bonds. The lowest BCUT2D eigenvalue weighted by molar-refractivity contribution is -0.140. The van der Waals surface area contributed by atoms with E-state index in [1.54, 1.807) is 29.2 Å². The molecule has 218 valence electrons. The molecule has 3 aromatic rings. The number of carbonyl (C=O) groups is 2. The monoisotopic (exact) mass is 575 g/mol. The molecule has 0 saturated heterocycles. The molecule has 0 spiro atoms. The van der Waals surface area contributed by atoms with Crippen LogP contribution < -0.4 is 9.62 Å². The van der Waals surface area contributed by atoms with Gasteiger partial charge in [0.25, 0.3) is 10.0 Å². The summed E-state index contributed by atoms with van der Waals surface area (Å²) in [5, 5.41) is 3.15. The predicted octanol–water partition coefficient (Wildman–Crippen LogP) is 5.67. The summed E-state index contributed by atoms with van der Waals surface area (Å²) in [6.45, 7) is 7.42. The summed E-state index contributed by atoms with van der Waals surface area (Å²) in [6.07, 6.45) is 4.43. The topological polar surface area (TPSA) is 86.8 Å². The molecular formula is C33H41N3O4S. The third-order valence-electron chi connectivity index (χ3n) is 7.75. The van der Waals surface area contributed by atoms with E-state index in [9.17, 15) is 18.0 Å². The maximum absolute atomic E-state index is 14.3. The van der Waals surface area contributed by atoms with Gasteiger partial charge in [-0.3, -0.25) is 13.9 Å². The number of nitrogens with zero attached hydrogens (tertiary/aromatic N) is 2. The van der Waals surface area contributed by atoms with Gasteiger partial charge >= 0.3 is 0 Å². The number of nitrogens with one attached hydrogen (secondary N) is 1. The van der Waals surface area contributed by atoms with E-state index in [1.807, 2.05) is 64.1 Å². The third kappa shape index (κ3) is 7.36. The molecular weight excluding hydrogens is 534 g/mol. The number of benzene rings is 3. The Morgan fingerprint density at radius 3 is 2.22 bits per heavy atom. The van der Waals surface area contributed by atoms with Crippen LogP contribution in [-0.2, 0) is 26.2 Å². The number of carbonyl (C=O) groups excluding carboxylic acids is 2. The summed E-state index contributed by atoms with van der Waals surface area (Å²) < 4.78 is 29.2. The van der Waals surface area contributed by atoms with E-state index in [4.69, 9.17) is 0 Å². The van der Waals surface area contributed by atoms with Crippen LogP contribution in [-0.4, -0.2) is 43.8 Å². The minimum absolute atomic E-state index is 0.101. The average Bonchev–Trinajstić information content (AvgIpc) is 3.45. The van der Waals surface area contributed by atoms with Gasteiger partial charge in [0.05, 0.1) is 10.6 Å². The Bertz CT molecular complexity index is 1470. The summed E-state index contributed by atoms with van der Waals surface area (Å²) >= 11 is 0. The zero-order valence-corrected chi connectivity index (χ0v) is 25.3. The minimum atomic E-state index is -4.08. The van der Waals surface area contributed by atoms with Gasteiger partial charge in [0, 0.05) is 12.6 Å². The second kappa shape index (κ2) is 13.3. The molecule has 0 bridgehead atoms. The van der Waals surface area contributed by atoms with Crippen molar-refractivity contribution >= 4 is 27.5 Å². The van der Waals surface area contributed by atoms with Crippen molar-refractivity contribution in [1.29, 1.82) is 0 Å². The van der Waals surface area contributed by atoms with Gasteiger partial charge in [0.2, 0.25) is 11.8 Å². The molecule has 0 aliphatic heterocycles. The molecule has 1 unspecified atom stereocenters. The minimum Gasteiger partial charge on any atom is -0.352 e. The molecule has 1 aliphatic rings. The fraction of sp³-hybridized carbons (Fsp3) is 0.394. The van der Waals surface area contributed by atoms with Crippen molar-refractivity contribution in [1.82, 2.24) is 10.2 Å². The van der Waals surface area contributed by atoms with Gasteiger partial charge in [-0.05, 0) is 69.4 Å². The van der Waals surface area contributed by atoms with Crippen LogP contribution in [0.3, 0.4) is 0 Å². The SMILES string of the molecule is CCC(C(=O)NC1CCCC1)N(Cc1cccc(C)c1)C(=O)CN(c1ccc(C)cc1C)S(=O)(=O)c1ccccc1. The van der Waals surface area contributed by atoms with E-state index in [0.717, 1.165) is 47.9 Å². The largest absolute Gasteiger partial charge is 0.352 e. The molecule has 1 fully saturated rings. The zero-order chi connectivity index (χ0) is 29.6. The Labute approximate surface area is 244 Å². The molecule has 1 N–H and O–H groups in total. The molecule has 0 radical (unpaired) electrons. The second-order valence-electron chi connectivity index (χ2n) is 11.0. The second-order valence-corrected chi connectivity index (χ2v) is 12.9. The molecule has 4 rings (SSSR count). The molecule has 8 heteroatoms. The van der Waals surface area contributed by atoms with Crippen LogP contribution in [0.15, 0.2) is 77.7 Å². The molecule has 0 aromatic heterocycles. The zero-order valence-electron chi connectivity index (χ0n) is 24.5. The van der Waals surface area contributed by atoms with Crippen LogP contribution in [0.2, 0.25) is 0 Å². The van der Waals surface area contributed by atoms with Gasteiger partial charge in [-0.1, -0.05) is 85.5 Å². The Kier molecular flexibility index (Phi) is 9.86. The van der Waals surface area contributed by atoms with Gasteiger partial charge in [-0.25, -0.2) is 8.42 Å². The smallest absolute Gasteiger partial charge is 0.264 e. The maximum Gasteiger partial charge on any atom is 0.264 e. The van der Waals surface area contributed by atoms with Crippen LogP contribution in [0, 0.1) is 20.8 Å². The fourth-order valence-electron chi connectivity index (χ4n) is 5.61. The van der Waals surface area contributed by atoms with Crippen LogP contribution in [0.4, 0.5) is 5.69 Å². The van der Waals surface area contributed by atoms with Crippen LogP contribution in [0.1, 0.15) is 61.3 Å². The Morgan fingerprint density at radius 2 is 1.59 bits per heavy atom. The third-order valence-corrected chi connectivity index (χ3v) is 9.53. The van der Waals surface area contributed by atoms with E-state index in [1.165, 1.54) is 16.4 Å². The number of sulfonamides is 1. The molecule has 41 heavy (non-hydrogen) atoms. The van der Waals surface area contributed by atoms with Crippen molar-refractivity contribution in [3.8, 4) is 0 Å². The molecule has 3 aromatic carbocycles. The van der Waals surface area contributed by atoms with Crippen LogP contribution in [0.25, 0.3) is 0 Å². The lowest BCUT2D eigenvalue weighted by Crippen LogP contribution is -2.53. The summed E-state index contributed by atoms with van der Waals surface area (Å²) in [5.74, 6) is -0.621. The number of anilines is 1. The number of hydrogen-bond donors (Lipinski definition) is 1. The summed E-state index contributed by atoms with van der Waals surface area (Å²) in [5.41, 5.74) is 4.10. The molecule has 1 aliphatic carbocycles. The highest BCUT2D eigenvalue weighted by Crippen LogP contribution is 2.28. The first-order valence-corrected chi connectivity index (χ1v) is 15.8. The van der Waals surface area contributed by atoms with E-state index < -0.39 is 28.5 Å². The quantitative estimate of drug-likeness (QED) is 0.319. The molecule has 1 atom stereocenters. The highest BCUT2D eigenvalue weighted by molar-refractivity contribution is 7.92. The number of aryl methyl sites for hydroxylation is 3. The normalized spacial score (nSPS) is 14.4. The molecule has 7 nitrogen and oxygen atoms in total. The number of amides is 2. The van der Waals surface area contributed by atoms with E-state index in [-0.39, 0.29) is 23.4 Å². The Balaban J connectivity index is 1.73. The van der Waals surface area contributed by atoms with Gasteiger partial charge < -0.3 is 10.2 Å². The van der Waals surface area contributed by atoms with Crippen LogP contribution in [0.5, 0.6) is 0 Å². The standard InChI is InChI=1S/C33H41N3O4S/c1-5-30(33(38)34-28-14-9-10-15-28)35(22-27-13-11-12-24(2)21-27)32(37)23-36(31-19-18-25(3)20-26(31)4)41(39,40)29-16-7-6-8-17-29/h6-8,11-13,16-21,28,30H,5,9-10,14-15,22-23H2,1-4H3,(H,34,38). The number of rotatable bonds is 11. The first-order chi connectivity index (χ1) is 19.6. The van der Waals surface area contributed by atoms with E-state index in [0.29, 0.717) is 12.1 Å².